The van der Waals surface area contributed by atoms with E-state index in [1.54, 1.807) is 0 Å². The number of nitrogens with zero attached hydrogens (tertiary/aromatic N) is 2. The molecule has 0 aliphatic heterocycles. The Labute approximate surface area is 145 Å². The van der Waals surface area contributed by atoms with Gasteiger partial charge in [-0.3, -0.25) is 9.48 Å². The molecule has 0 radical (unpaired) electrons. The lowest BCUT2D eigenvalue weighted by Gasteiger charge is -2.07. The van der Waals surface area contributed by atoms with Crippen molar-refractivity contribution in [3.63, 3.8) is 0 Å². The summed E-state index contributed by atoms with van der Waals surface area (Å²) in [6, 6.07) is 10.2. The van der Waals surface area contributed by atoms with Crippen molar-refractivity contribution in [2.75, 3.05) is 0 Å². The number of aryl methyl sites for hydroxylation is 1. The zero-order chi connectivity index (χ0) is 16.6. The van der Waals surface area contributed by atoms with Crippen LogP contribution in [-0.4, -0.2) is 20.0 Å². The van der Waals surface area contributed by atoms with Crippen LogP contribution >= 0.6 is 23.2 Å². The average molecular weight is 352 g/mol. The third-order valence-corrected chi connectivity index (χ3v) is 5.12. The van der Waals surface area contributed by atoms with Gasteiger partial charge in [0.1, 0.15) is 4.33 Å². The molecule has 4 nitrogen and oxygen atoms in total. The highest BCUT2D eigenvalue weighted by molar-refractivity contribution is 6.52. The first kappa shape index (κ1) is 16.3. The van der Waals surface area contributed by atoms with E-state index in [9.17, 15) is 4.79 Å². The molecule has 1 aliphatic rings. The van der Waals surface area contributed by atoms with Crippen molar-refractivity contribution >= 4 is 29.1 Å². The minimum Gasteiger partial charge on any atom is -0.352 e. The molecule has 3 rings (SSSR count). The molecule has 6 heteroatoms. The van der Waals surface area contributed by atoms with Crippen LogP contribution in [0.2, 0.25) is 0 Å². The maximum atomic E-state index is 12.0. The summed E-state index contributed by atoms with van der Waals surface area (Å²) in [6.45, 7) is 5.15. The molecule has 1 heterocycles. The van der Waals surface area contributed by atoms with Gasteiger partial charge in [-0.1, -0.05) is 30.3 Å². The van der Waals surface area contributed by atoms with Gasteiger partial charge in [-0.2, -0.15) is 5.10 Å². The van der Waals surface area contributed by atoms with E-state index in [0.29, 0.717) is 13.0 Å². The van der Waals surface area contributed by atoms with Crippen molar-refractivity contribution in [1.82, 2.24) is 15.1 Å². The molecule has 0 unspecified atom stereocenters. The van der Waals surface area contributed by atoms with Crippen molar-refractivity contribution in [3.05, 3.63) is 52.8 Å². The average Bonchev–Trinajstić information content (AvgIpc) is 3.07. The standard InChI is InChI=1S/C17H19Cl2N3O/c1-11-14(9-20-16(23)15-8-17(15,18)19)12(2)22(21-11)10-13-6-4-3-5-7-13/h3-7,15H,8-10H2,1-2H3,(H,20,23)/t15-/m1/s1. The lowest BCUT2D eigenvalue weighted by atomic mass is 10.2. The van der Waals surface area contributed by atoms with E-state index in [-0.39, 0.29) is 11.8 Å². The number of amides is 1. The summed E-state index contributed by atoms with van der Waals surface area (Å²) in [5, 5.41) is 7.50. The number of halogens is 2. The molecule has 1 aliphatic carbocycles. The zero-order valence-electron chi connectivity index (χ0n) is 13.1. The highest BCUT2D eigenvalue weighted by Gasteiger charge is 2.56. The molecule has 1 saturated carbocycles. The summed E-state index contributed by atoms with van der Waals surface area (Å²) in [4.78, 5) is 12.0. The van der Waals surface area contributed by atoms with E-state index < -0.39 is 4.33 Å². The molecule has 1 aromatic carbocycles. The molecule has 122 valence electrons. The summed E-state index contributed by atoms with van der Waals surface area (Å²) < 4.78 is 1.09. The SMILES string of the molecule is Cc1nn(Cc2ccccc2)c(C)c1CNC(=O)[C@H]1CC1(Cl)Cl. The van der Waals surface area contributed by atoms with E-state index in [4.69, 9.17) is 23.2 Å². The normalized spacial score (nSPS) is 18.7. The van der Waals surface area contributed by atoms with Gasteiger partial charge in [0.25, 0.3) is 0 Å². The second kappa shape index (κ2) is 6.17. The molecule has 1 atom stereocenters. The number of hydrogen-bond donors (Lipinski definition) is 1. The van der Waals surface area contributed by atoms with Gasteiger partial charge in [0, 0.05) is 17.8 Å². The molecule has 1 fully saturated rings. The van der Waals surface area contributed by atoms with Crippen molar-refractivity contribution < 1.29 is 4.79 Å². The second-order valence-corrected chi connectivity index (χ2v) is 7.57. The van der Waals surface area contributed by atoms with Gasteiger partial charge in [0.15, 0.2) is 0 Å². The Kier molecular flexibility index (Phi) is 4.39. The summed E-state index contributed by atoms with van der Waals surface area (Å²) in [5.41, 5.74) is 4.23. The first-order valence-corrected chi connectivity index (χ1v) is 8.36. The Bertz CT molecular complexity index is 725. The topological polar surface area (TPSA) is 46.9 Å². The molecule has 0 spiro atoms. The van der Waals surface area contributed by atoms with Crippen molar-refractivity contribution in [1.29, 1.82) is 0 Å². The van der Waals surface area contributed by atoms with Crippen molar-refractivity contribution in [2.24, 2.45) is 5.92 Å². The Morgan fingerprint density at radius 3 is 2.61 bits per heavy atom. The number of carbonyl (C=O) groups excluding carboxylic acids is 1. The third kappa shape index (κ3) is 3.54. The molecule has 1 aromatic heterocycles. The largest absolute Gasteiger partial charge is 0.352 e. The van der Waals surface area contributed by atoms with E-state index in [2.05, 4.69) is 22.5 Å². The predicted octanol–water partition coefficient (Wildman–Crippen LogP) is 3.36. The van der Waals surface area contributed by atoms with Crippen LogP contribution in [0.1, 0.15) is 28.9 Å². The Morgan fingerprint density at radius 1 is 1.35 bits per heavy atom. The van der Waals surface area contributed by atoms with Gasteiger partial charge in [-0.05, 0) is 25.8 Å². The smallest absolute Gasteiger partial charge is 0.226 e. The van der Waals surface area contributed by atoms with Crippen molar-refractivity contribution in [2.45, 2.75) is 37.7 Å². The molecule has 1 amide bonds. The summed E-state index contributed by atoms with van der Waals surface area (Å²) >= 11 is 11.9. The van der Waals surface area contributed by atoms with Gasteiger partial charge in [0.2, 0.25) is 5.91 Å². The predicted molar refractivity (Wildman–Crippen MR) is 91.6 cm³/mol. The molecular weight excluding hydrogens is 333 g/mol. The quantitative estimate of drug-likeness (QED) is 0.839. The van der Waals surface area contributed by atoms with Crippen LogP contribution in [0.5, 0.6) is 0 Å². The molecular formula is C17H19Cl2N3O. The van der Waals surface area contributed by atoms with Crippen LogP contribution in [0, 0.1) is 19.8 Å². The number of hydrogen-bond acceptors (Lipinski definition) is 2. The first-order chi connectivity index (χ1) is 10.9. The number of nitrogens with one attached hydrogen (secondary N) is 1. The van der Waals surface area contributed by atoms with Crippen LogP contribution in [0.25, 0.3) is 0 Å². The fraction of sp³-hybridized carbons (Fsp3) is 0.412. The minimum absolute atomic E-state index is 0.0930. The molecule has 23 heavy (non-hydrogen) atoms. The Hall–Kier alpha value is -1.52. The number of aromatic nitrogens is 2. The van der Waals surface area contributed by atoms with Gasteiger partial charge in [-0.15, -0.1) is 23.2 Å². The van der Waals surface area contributed by atoms with Crippen LogP contribution in [0.4, 0.5) is 0 Å². The van der Waals surface area contributed by atoms with E-state index in [0.717, 1.165) is 23.5 Å². The minimum atomic E-state index is -0.883. The van der Waals surface area contributed by atoms with Crippen LogP contribution in [-0.2, 0) is 17.9 Å². The van der Waals surface area contributed by atoms with Gasteiger partial charge >= 0.3 is 0 Å². The maximum absolute atomic E-state index is 12.0. The second-order valence-electron chi connectivity index (χ2n) is 6.03. The summed E-state index contributed by atoms with van der Waals surface area (Å²) in [6.07, 6.45) is 0.521. The molecule has 0 saturated heterocycles. The Balaban J connectivity index is 1.67. The number of carbonyl (C=O) groups is 1. The van der Waals surface area contributed by atoms with Crippen LogP contribution in [0.3, 0.4) is 0 Å². The lowest BCUT2D eigenvalue weighted by molar-refractivity contribution is -0.122. The van der Waals surface area contributed by atoms with E-state index in [1.165, 1.54) is 5.56 Å². The highest BCUT2D eigenvalue weighted by Crippen LogP contribution is 2.53. The molecule has 2 aromatic rings. The monoisotopic (exact) mass is 351 g/mol. The first-order valence-electron chi connectivity index (χ1n) is 7.61. The number of rotatable bonds is 5. The van der Waals surface area contributed by atoms with Gasteiger partial charge in [-0.25, -0.2) is 0 Å². The summed E-state index contributed by atoms with van der Waals surface area (Å²) in [7, 11) is 0. The van der Waals surface area contributed by atoms with Crippen LogP contribution in [0.15, 0.2) is 30.3 Å². The fourth-order valence-corrected chi connectivity index (χ4v) is 3.20. The maximum Gasteiger partial charge on any atom is 0.226 e. The zero-order valence-corrected chi connectivity index (χ0v) is 14.7. The van der Waals surface area contributed by atoms with Crippen molar-refractivity contribution in [3.8, 4) is 0 Å². The highest BCUT2D eigenvalue weighted by atomic mass is 35.5. The third-order valence-electron chi connectivity index (χ3n) is 4.29. The summed E-state index contributed by atoms with van der Waals surface area (Å²) in [5.74, 6) is -0.393. The number of benzene rings is 1. The Morgan fingerprint density at radius 2 is 2.00 bits per heavy atom. The lowest BCUT2D eigenvalue weighted by Crippen LogP contribution is -2.26. The van der Waals surface area contributed by atoms with Gasteiger partial charge < -0.3 is 5.32 Å². The van der Waals surface area contributed by atoms with E-state index >= 15 is 0 Å². The van der Waals surface area contributed by atoms with E-state index in [1.807, 2.05) is 36.7 Å². The molecule has 0 bridgehead atoms. The molecule has 1 N–H and O–H groups in total. The van der Waals surface area contributed by atoms with Gasteiger partial charge in [0.05, 0.1) is 18.2 Å². The van der Waals surface area contributed by atoms with Crippen LogP contribution < -0.4 is 5.32 Å². The number of alkyl halides is 2. The fourth-order valence-electron chi connectivity index (χ4n) is 2.70.